The minimum absolute atomic E-state index is 0.0826. The molecular weight excluding hydrogens is 688 g/mol. The predicted molar refractivity (Wildman–Crippen MR) is 158 cm³/mol. The number of hydrogen-bond donors (Lipinski definition) is 1. The van der Waals surface area contributed by atoms with Gasteiger partial charge in [-0.3, -0.25) is 0 Å². The number of esters is 1. The van der Waals surface area contributed by atoms with Gasteiger partial charge >= 0.3 is 5.97 Å². The van der Waals surface area contributed by atoms with Gasteiger partial charge in [0.05, 0.1) is 24.3 Å². The second-order valence-electron chi connectivity index (χ2n) is 7.40. The number of rotatable bonds is 7. The molecule has 0 unspecified atom stereocenters. The molecule has 0 radical (unpaired) electrons. The number of ether oxygens (including phenoxy) is 2. The van der Waals surface area contributed by atoms with Gasteiger partial charge in [0.15, 0.2) is 0 Å². The number of aliphatic hydroxyl groups is 1. The highest BCUT2D eigenvalue weighted by atomic mass is 127. The Labute approximate surface area is 235 Å². The first-order chi connectivity index (χ1) is 17.0. The van der Waals surface area contributed by atoms with Crippen LogP contribution in [0.15, 0.2) is 94.0 Å². The lowest BCUT2D eigenvalue weighted by atomic mass is 10.1. The van der Waals surface area contributed by atoms with Crippen LogP contribution in [0.1, 0.15) is 18.1 Å². The molecule has 4 rings (SSSR count). The molecule has 1 aliphatic heterocycles. The van der Waals surface area contributed by atoms with Crippen LogP contribution in [0.4, 0.5) is 5.69 Å². The molecule has 1 aliphatic rings. The van der Waals surface area contributed by atoms with E-state index in [0.29, 0.717) is 22.2 Å². The molecule has 0 aromatic heterocycles. The molecule has 35 heavy (non-hydrogen) atoms. The van der Waals surface area contributed by atoms with E-state index in [1.807, 2.05) is 78.9 Å². The van der Waals surface area contributed by atoms with Crippen molar-refractivity contribution >= 4 is 79.7 Å². The summed E-state index contributed by atoms with van der Waals surface area (Å²) in [7, 11) is 0. The Bertz CT molecular complexity index is 1300. The fraction of sp³-hybridized carbons (Fsp3) is 0.111. The van der Waals surface area contributed by atoms with E-state index in [1.165, 1.54) is 11.8 Å². The van der Waals surface area contributed by atoms with Crippen LogP contribution in [0.2, 0.25) is 0 Å². The number of aliphatic imine (C=N–C) groups is 1. The SMILES string of the molecule is CCOC(=O)C1=C(O)/C(=C/c2cc(I)c(OCc3ccccc3)c(I)c2)SC1=Nc1ccccc1. The fourth-order valence-corrected chi connectivity index (χ4v) is 6.46. The van der Waals surface area contributed by atoms with Crippen molar-refractivity contribution in [3.8, 4) is 5.75 Å². The number of thioether (sulfide) groups is 1. The summed E-state index contributed by atoms with van der Waals surface area (Å²) in [5.41, 5.74) is 2.75. The maximum absolute atomic E-state index is 12.6. The minimum Gasteiger partial charge on any atom is -0.506 e. The monoisotopic (exact) mass is 709 g/mol. The summed E-state index contributed by atoms with van der Waals surface area (Å²) in [6, 6.07) is 23.3. The van der Waals surface area contributed by atoms with Gasteiger partial charge in [-0.25, -0.2) is 9.79 Å². The highest BCUT2D eigenvalue weighted by molar-refractivity contribution is 14.1. The third-order valence-corrected chi connectivity index (χ3v) is 7.52. The van der Waals surface area contributed by atoms with Crippen LogP contribution in [-0.2, 0) is 16.1 Å². The summed E-state index contributed by atoms with van der Waals surface area (Å²) < 4.78 is 13.2. The average molecular weight is 709 g/mol. The van der Waals surface area contributed by atoms with Gasteiger partial charge < -0.3 is 14.6 Å². The van der Waals surface area contributed by atoms with Gasteiger partial charge in [0.2, 0.25) is 0 Å². The third-order valence-electron chi connectivity index (χ3n) is 4.90. The van der Waals surface area contributed by atoms with Gasteiger partial charge in [0, 0.05) is 0 Å². The van der Waals surface area contributed by atoms with Crippen molar-refractivity contribution in [3.63, 3.8) is 0 Å². The van der Waals surface area contributed by atoms with Gasteiger partial charge in [0.25, 0.3) is 0 Å². The van der Waals surface area contributed by atoms with Crippen LogP contribution in [0.3, 0.4) is 0 Å². The molecule has 0 aliphatic carbocycles. The predicted octanol–water partition coefficient (Wildman–Crippen LogP) is 7.67. The quantitative estimate of drug-likeness (QED) is 0.202. The van der Waals surface area contributed by atoms with E-state index in [0.717, 1.165) is 24.0 Å². The van der Waals surface area contributed by atoms with Crippen LogP contribution < -0.4 is 4.74 Å². The van der Waals surface area contributed by atoms with Crippen molar-refractivity contribution < 1.29 is 19.4 Å². The molecule has 5 nitrogen and oxygen atoms in total. The fourth-order valence-electron chi connectivity index (χ4n) is 3.29. The molecule has 0 amide bonds. The van der Waals surface area contributed by atoms with E-state index in [4.69, 9.17) is 9.47 Å². The Morgan fingerprint density at radius 1 is 1.03 bits per heavy atom. The highest BCUT2D eigenvalue weighted by Crippen LogP contribution is 2.41. The van der Waals surface area contributed by atoms with Crippen LogP contribution in [0.5, 0.6) is 5.75 Å². The summed E-state index contributed by atoms with van der Waals surface area (Å²) in [6.45, 7) is 2.42. The third kappa shape index (κ3) is 6.47. The van der Waals surface area contributed by atoms with Crippen LogP contribution in [0.25, 0.3) is 6.08 Å². The molecule has 8 heteroatoms. The zero-order valence-electron chi connectivity index (χ0n) is 18.7. The van der Waals surface area contributed by atoms with Crippen molar-refractivity contribution in [2.75, 3.05) is 6.61 Å². The zero-order chi connectivity index (χ0) is 24.8. The van der Waals surface area contributed by atoms with Crippen molar-refractivity contribution in [2.45, 2.75) is 13.5 Å². The Morgan fingerprint density at radius 3 is 2.29 bits per heavy atom. The molecule has 0 saturated heterocycles. The van der Waals surface area contributed by atoms with Gasteiger partial charge in [-0.1, -0.05) is 60.3 Å². The number of benzene rings is 3. The van der Waals surface area contributed by atoms with E-state index >= 15 is 0 Å². The number of carbonyl (C=O) groups excluding carboxylic acids is 1. The first kappa shape index (κ1) is 25.8. The van der Waals surface area contributed by atoms with Crippen molar-refractivity contribution in [2.24, 2.45) is 4.99 Å². The van der Waals surface area contributed by atoms with Crippen molar-refractivity contribution in [3.05, 3.63) is 107 Å². The van der Waals surface area contributed by atoms with E-state index < -0.39 is 5.97 Å². The molecule has 3 aromatic carbocycles. The molecule has 3 aromatic rings. The number of halogens is 2. The molecule has 0 spiro atoms. The lowest BCUT2D eigenvalue weighted by molar-refractivity contribution is -0.138. The minimum atomic E-state index is -0.593. The number of carbonyl (C=O) groups is 1. The standard InChI is InChI=1S/C27H21I2NO4S/c1-2-33-27(32)23-24(31)22(35-26(23)30-19-11-7-4-8-12-19)15-18-13-20(28)25(21(29)14-18)34-16-17-9-5-3-6-10-17/h3-15,31H,2,16H2,1H3/b22-15-,30-26?. The lowest BCUT2D eigenvalue weighted by Gasteiger charge is -2.12. The van der Waals surface area contributed by atoms with Gasteiger partial charge in [0.1, 0.15) is 28.7 Å². The number of nitrogens with zero attached hydrogens (tertiary/aromatic N) is 1. The Balaban J connectivity index is 1.64. The average Bonchev–Trinajstić information content (AvgIpc) is 3.14. The molecular formula is C27H21I2NO4S. The van der Waals surface area contributed by atoms with E-state index in [-0.39, 0.29) is 17.9 Å². The van der Waals surface area contributed by atoms with E-state index in [2.05, 4.69) is 50.2 Å². The van der Waals surface area contributed by atoms with E-state index in [1.54, 1.807) is 6.92 Å². The largest absolute Gasteiger partial charge is 0.506 e. The van der Waals surface area contributed by atoms with Crippen molar-refractivity contribution in [1.82, 2.24) is 0 Å². The summed E-state index contributed by atoms with van der Waals surface area (Å²) in [5.74, 6) is 0.0940. The normalized spacial score (nSPS) is 15.6. The first-order valence-corrected chi connectivity index (χ1v) is 13.7. The Kier molecular flexibility index (Phi) is 8.90. The smallest absolute Gasteiger partial charge is 0.344 e. The number of aliphatic hydroxyl groups excluding tert-OH is 1. The molecule has 178 valence electrons. The van der Waals surface area contributed by atoms with Gasteiger partial charge in [-0.05, 0) is 93.6 Å². The lowest BCUT2D eigenvalue weighted by Crippen LogP contribution is -2.12. The molecule has 0 atom stereocenters. The molecule has 0 saturated carbocycles. The van der Waals surface area contributed by atoms with Crippen LogP contribution in [-0.4, -0.2) is 22.7 Å². The summed E-state index contributed by atoms with van der Waals surface area (Å²) in [6.07, 6.45) is 1.85. The van der Waals surface area contributed by atoms with Crippen LogP contribution in [0, 0.1) is 7.14 Å². The maximum Gasteiger partial charge on any atom is 0.344 e. The van der Waals surface area contributed by atoms with Gasteiger partial charge in [-0.2, -0.15) is 0 Å². The molecule has 0 bridgehead atoms. The first-order valence-electron chi connectivity index (χ1n) is 10.8. The Morgan fingerprint density at radius 2 is 1.66 bits per heavy atom. The second-order valence-corrected chi connectivity index (χ2v) is 10.8. The number of para-hydroxylation sites is 1. The molecule has 0 fully saturated rings. The number of hydrogen-bond acceptors (Lipinski definition) is 6. The summed E-state index contributed by atoms with van der Waals surface area (Å²) in [4.78, 5) is 17.7. The summed E-state index contributed by atoms with van der Waals surface area (Å²) in [5, 5.41) is 11.3. The maximum atomic E-state index is 12.6. The summed E-state index contributed by atoms with van der Waals surface area (Å²) >= 11 is 5.75. The topological polar surface area (TPSA) is 68.1 Å². The van der Waals surface area contributed by atoms with Gasteiger partial charge in [-0.15, -0.1) is 0 Å². The zero-order valence-corrected chi connectivity index (χ0v) is 23.8. The molecule has 1 heterocycles. The molecule has 1 N–H and O–H groups in total. The second kappa shape index (κ2) is 12.1. The van der Waals surface area contributed by atoms with Crippen molar-refractivity contribution in [1.29, 1.82) is 0 Å². The Hall–Kier alpha value is -2.31. The van der Waals surface area contributed by atoms with Crippen LogP contribution >= 0.6 is 56.9 Å². The highest BCUT2D eigenvalue weighted by Gasteiger charge is 2.33. The van der Waals surface area contributed by atoms with E-state index in [9.17, 15) is 9.90 Å².